The van der Waals surface area contributed by atoms with Crippen molar-refractivity contribution in [1.82, 2.24) is 15.0 Å². The second kappa shape index (κ2) is 7.60. The van der Waals surface area contributed by atoms with E-state index >= 15 is 0 Å². The van der Waals surface area contributed by atoms with Crippen molar-refractivity contribution in [1.29, 1.82) is 0 Å². The van der Waals surface area contributed by atoms with Crippen molar-refractivity contribution in [2.75, 3.05) is 11.1 Å². The molecule has 0 saturated carbocycles. The minimum Gasteiger partial charge on any atom is -0.454 e. The molecule has 132 valence electrons. The van der Waals surface area contributed by atoms with Crippen LogP contribution >= 0.6 is 0 Å². The fourth-order valence-electron chi connectivity index (χ4n) is 2.23. The first kappa shape index (κ1) is 17.3. The second-order valence-corrected chi connectivity index (χ2v) is 5.87. The lowest BCUT2D eigenvalue weighted by Crippen LogP contribution is -2.11. The number of carbonyl (C=O) groups excluding carboxylic acids is 1. The van der Waals surface area contributed by atoms with Crippen LogP contribution in [0.15, 0.2) is 48.5 Å². The Kier molecular flexibility index (Phi) is 5.07. The van der Waals surface area contributed by atoms with Gasteiger partial charge in [-0.2, -0.15) is 15.0 Å². The number of benzene rings is 2. The second-order valence-electron chi connectivity index (χ2n) is 5.87. The standard InChI is InChI=1S/C19H19N5O2/c1-12-3-7-14(8-4-12)17(25)26-11-16-22-18(20)24-19(23-16)21-15-9-5-13(2)6-10-15/h3-10H,11H2,1-2H3,(H3,20,21,22,23,24). The molecule has 0 radical (unpaired) electrons. The average molecular weight is 349 g/mol. The fourth-order valence-corrected chi connectivity index (χ4v) is 2.23. The van der Waals surface area contributed by atoms with Gasteiger partial charge in [-0.1, -0.05) is 35.4 Å². The number of hydrogen-bond acceptors (Lipinski definition) is 7. The van der Waals surface area contributed by atoms with Crippen LogP contribution in [0.25, 0.3) is 0 Å². The monoisotopic (exact) mass is 349 g/mol. The zero-order valence-corrected chi connectivity index (χ0v) is 14.6. The molecule has 26 heavy (non-hydrogen) atoms. The van der Waals surface area contributed by atoms with Gasteiger partial charge in [-0.05, 0) is 38.1 Å². The highest BCUT2D eigenvalue weighted by Crippen LogP contribution is 2.15. The van der Waals surface area contributed by atoms with Crippen LogP contribution in [0.4, 0.5) is 17.6 Å². The Balaban J connectivity index is 1.68. The smallest absolute Gasteiger partial charge is 0.338 e. The molecule has 3 rings (SSSR count). The van der Waals surface area contributed by atoms with Gasteiger partial charge in [0.05, 0.1) is 5.56 Å². The third kappa shape index (κ3) is 4.54. The van der Waals surface area contributed by atoms with Crippen LogP contribution < -0.4 is 11.1 Å². The molecule has 0 aliphatic carbocycles. The molecule has 2 aromatic carbocycles. The molecule has 0 saturated heterocycles. The van der Waals surface area contributed by atoms with Gasteiger partial charge in [0.25, 0.3) is 0 Å². The fraction of sp³-hybridized carbons (Fsp3) is 0.158. The van der Waals surface area contributed by atoms with Gasteiger partial charge < -0.3 is 15.8 Å². The van der Waals surface area contributed by atoms with E-state index < -0.39 is 5.97 Å². The summed E-state index contributed by atoms with van der Waals surface area (Å²) in [4.78, 5) is 24.4. The van der Waals surface area contributed by atoms with Crippen LogP contribution in [0.3, 0.4) is 0 Å². The first-order valence-corrected chi connectivity index (χ1v) is 8.07. The van der Waals surface area contributed by atoms with Crippen LogP contribution in [-0.4, -0.2) is 20.9 Å². The van der Waals surface area contributed by atoms with E-state index in [1.807, 2.05) is 50.2 Å². The Morgan fingerprint density at radius 2 is 1.58 bits per heavy atom. The zero-order valence-electron chi connectivity index (χ0n) is 14.6. The molecular formula is C19H19N5O2. The summed E-state index contributed by atoms with van der Waals surface area (Å²) in [5, 5.41) is 3.06. The zero-order chi connectivity index (χ0) is 18.5. The minimum absolute atomic E-state index is 0.0518. The molecule has 0 fully saturated rings. The molecule has 7 nitrogen and oxygen atoms in total. The Morgan fingerprint density at radius 3 is 2.23 bits per heavy atom. The van der Waals surface area contributed by atoms with Crippen molar-refractivity contribution < 1.29 is 9.53 Å². The number of aromatic nitrogens is 3. The number of hydrogen-bond donors (Lipinski definition) is 2. The summed E-state index contributed by atoms with van der Waals surface area (Å²) < 4.78 is 5.25. The van der Waals surface area contributed by atoms with E-state index in [9.17, 15) is 4.79 Å². The third-order valence-corrected chi connectivity index (χ3v) is 3.63. The SMILES string of the molecule is Cc1ccc(Nc2nc(N)nc(COC(=O)c3ccc(C)cc3)n2)cc1. The molecule has 7 heteroatoms. The maximum absolute atomic E-state index is 12.1. The van der Waals surface area contributed by atoms with Crippen LogP contribution in [0, 0.1) is 13.8 Å². The lowest BCUT2D eigenvalue weighted by atomic mass is 10.1. The molecule has 0 atom stereocenters. The highest BCUT2D eigenvalue weighted by molar-refractivity contribution is 5.89. The topological polar surface area (TPSA) is 103 Å². The van der Waals surface area contributed by atoms with E-state index in [2.05, 4.69) is 20.3 Å². The third-order valence-electron chi connectivity index (χ3n) is 3.63. The number of nitrogens with two attached hydrogens (primary N) is 1. The van der Waals surface area contributed by atoms with Gasteiger partial charge in [0, 0.05) is 5.69 Å². The van der Waals surface area contributed by atoms with E-state index in [1.165, 1.54) is 0 Å². The maximum atomic E-state index is 12.1. The molecule has 0 bridgehead atoms. The van der Waals surface area contributed by atoms with Gasteiger partial charge in [0.15, 0.2) is 12.4 Å². The summed E-state index contributed by atoms with van der Waals surface area (Å²) in [6, 6.07) is 14.9. The number of nitrogens with zero attached hydrogens (tertiary/aromatic N) is 3. The van der Waals surface area contributed by atoms with Crippen LogP contribution in [-0.2, 0) is 11.3 Å². The lowest BCUT2D eigenvalue weighted by Gasteiger charge is -2.08. The first-order chi connectivity index (χ1) is 12.5. The predicted molar refractivity (Wildman–Crippen MR) is 99.0 cm³/mol. The summed E-state index contributed by atoms with van der Waals surface area (Å²) in [7, 11) is 0. The van der Waals surface area contributed by atoms with Crippen molar-refractivity contribution >= 4 is 23.6 Å². The number of carbonyl (C=O) groups is 1. The highest BCUT2D eigenvalue weighted by Gasteiger charge is 2.10. The Morgan fingerprint density at radius 1 is 0.962 bits per heavy atom. The van der Waals surface area contributed by atoms with E-state index in [4.69, 9.17) is 10.5 Å². The molecule has 0 unspecified atom stereocenters. The number of rotatable bonds is 5. The molecule has 3 aromatic rings. The Labute approximate surface area is 151 Å². The number of esters is 1. The van der Waals surface area contributed by atoms with Gasteiger partial charge in [0.1, 0.15) is 0 Å². The van der Waals surface area contributed by atoms with Crippen molar-refractivity contribution in [2.24, 2.45) is 0 Å². The number of nitrogen functional groups attached to an aromatic ring is 1. The van der Waals surface area contributed by atoms with E-state index in [1.54, 1.807) is 12.1 Å². The van der Waals surface area contributed by atoms with Crippen LogP contribution in [0.2, 0.25) is 0 Å². The molecule has 0 aliphatic rings. The summed E-state index contributed by atoms with van der Waals surface area (Å²) in [6.45, 7) is 3.86. The van der Waals surface area contributed by atoms with Gasteiger partial charge in [-0.15, -0.1) is 0 Å². The number of aryl methyl sites for hydroxylation is 2. The lowest BCUT2D eigenvalue weighted by molar-refractivity contribution is 0.0462. The number of nitrogens with one attached hydrogen (secondary N) is 1. The van der Waals surface area contributed by atoms with Crippen molar-refractivity contribution in [3.8, 4) is 0 Å². The average Bonchev–Trinajstić information content (AvgIpc) is 2.62. The van der Waals surface area contributed by atoms with Gasteiger partial charge >= 0.3 is 5.97 Å². The Bertz CT molecular complexity index is 908. The van der Waals surface area contributed by atoms with Gasteiger partial charge in [-0.3, -0.25) is 0 Å². The molecule has 3 N–H and O–H groups in total. The summed E-state index contributed by atoms with van der Waals surface area (Å²) in [5.41, 5.74) is 9.24. The van der Waals surface area contributed by atoms with Crippen molar-refractivity contribution in [2.45, 2.75) is 20.5 Å². The highest BCUT2D eigenvalue weighted by atomic mass is 16.5. The molecule has 0 spiro atoms. The normalized spacial score (nSPS) is 10.4. The van der Waals surface area contributed by atoms with E-state index in [0.29, 0.717) is 11.5 Å². The Hall–Kier alpha value is -3.48. The quantitative estimate of drug-likeness (QED) is 0.682. The minimum atomic E-state index is -0.447. The van der Waals surface area contributed by atoms with Gasteiger partial charge in [0.2, 0.25) is 11.9 Å². The summed E-state index contributed by atoms with van der Waals surface area (Å²) in [6.07, 6.45) is 0. The van der Waals surface area contributed by atoms with Crippen molar-refractivity contribution in [3.63, 3.8) is 0 Å². The van der Waals surface area contributed by atoms with E-state index in [-0.39, 0.29) is 18.4 Å². The molecule has 0 aliphatic heterocycles. The van der Waals surface area contributed by atoms with Crippen LogP contribution in [0.1, 0.15) is 27.3 Å². The van der Waals surface area contributed by atoms with Crippen molar-refractivity contribution in [3.05, 3.63) is 71.0 Å². The number of anilines is 3. The molecule has 0 amide bonds. The molecule has 1 aromatic heterocycles. The predicted octanol–water partition coefficient (Wildman–Crippen LogP) is 3.17. The summed E-state index contributed by atoms with van der Waals surface area (Å²) in [5.74, 6) is 0.170. The van der Waals surface area contributed by atoms with Gasteiger partial charge in [-0.25, -0.2) is 4.79 Å². The molecule has 1 heterocycles. The largest absolute Gasteiger partial charge is 0.454 e. The van der Waals surface area contributed by atoms with E-state index in [0.717, 1.165) is 16.8 Å². The maximum Gasteiger partial charge on any atom is 0.338 e. The summed E-state index contributed by atoms with van der Waals surface area (Å²) >= 11 is 0. The molecular weight excluding hydrogens is 330 g/mol. The number of ether oxygens (including phenoxy) is 1. The first-order valence-electron chi connectivity index (χ1n) is 8.07. The van der Waals surface area contributed by atoms with Crippen LogP contribution in [0.5, 0.6) is 0 Å².